The van der Waals surface area contributed by atoms with Gasteiger partial charge in [0.2, 0.25) is 5.82 Å². The highest BCUT2D eigenvalue weighted by Crippen LogP contribution is 2.20. The molecule has 1 atom stereocenters. The first-order chi connectivity index (χ1) is 11.9. The van der Waals surface area contributed by atoms with Crippen molar-refractivity contribution in [3.8, 4) is 0 Å². The van der Waals surface area contributed by atoms with Crippen LogP contribution in [0, 0.1) is 0 Å². The van der Waals surface area contributed by atoms with Gasteiger partial charge in [0.15, 0.2) is 0 Å². The number of nitrogens with one attached hydrogen (secondary N) is 1. The zero-order valence-corrected chi connectivity index (χ0v) is 14.9. The summed E-state index contributed by atoms with van der Waals surface area (Å²) in [6.45, 7) is 1.51. The molecular formula is C17H24N6O2. The molecule has 2 heterocycles. The lowest BCUT2D eigenvalue weighted by atomic mass is 9.91. The van der Waals surface area contributed by atoms with Crippen molar-refractivity contribution >= 4 is 5.91 Å². The maximum atomic E-state index is 12.2. The van der Waals surface area contributed by atoms with E-state index in [1.165, 1.54) is 11.0 Å². The fourth-order valence-electron chi connectivity index (χ4n) is 3.19. The van der Waals surface area contributed by atoms with E-state index in [1.54, 1.807) is 13.1 Å². The van der Waals surface area contributed by atoms with E-state index in [9.17, 15) is 9.59 Å². The largest absolute Gasteiger partial charge is 0.346 e. The second-order valence-electron chi connectivity index (χ2n) is 6.75. The van der Waals surface area contributed by atoms with Crippen LogP contribution in [-0.2, 0) is 26.4 Å². The number of nitrogens with zero attached hydrogens (tertiary/aromatic N) is 5. The van der Waals surface area contributed by atoms with Crippen LogP contribution in [0.4, 0.5) is 0 Å². The van der Waals surface area contributed by atoms with E-state index < -0.39 is 0 Å². The molecule has 0 fully saturated rings. The molecule has 3 rings (SSSR count). The molecule has 0 saturated heterocycles. The van der Waals surface area contributed by atoms with Crippen LogP contribution < -0.4 is 10.9 Å². The Labute approximate surface area is 146 Å². The Balaban J connectivity index is 1.72. The summed E-state index contributed by atoms with van der Waals surface area (Å²) in [6, 6.07) is 3.55. The molecule has 8 nitrogen and oxygen atoms in total. The van der Waals surface area contributed by atoms with Crippen LogP contribution >= 0.6 is 0 Å². The number of amides is 1. The average molecular weight is 344 g/mol. The zero-order valence-electron chi connectivity index (χ0n) is 14.9. The van der Waals surface area contributed by atoms with E-state index in [4.69, 9.17) is 0 Å². The van der Waals surface area contributed by atoms with Gasteiger partial charge < -0.3 is 14.8 Å². The predicted molar refractivity (Wildman–Crippen MR) is 93.5 cm³/mol. The van der Waals surface area contributed by atoms with Gasteiger partial charge in [0.05, 0.1) is 0 Å². The maximum absolute atomic E-state index is 12.2. The molecule has 8 heteroatoms. The van der Waals surface area contributed by atoms with Crippen LogP contribution in [0.1, 0.15) is 28.3 Å². The number of rotatable bonds is 5. The van der Waals surface area contributed by atoms with E-state index in [1.807, 2.05) is 24.7 Å². The van der Waals surface area contributed by atoms with Gasteiger partial charge in [-0.15, -0.1) is 5.10 Å². The molecule has 25 heavy (non-hydrogen) atoms. The number of hydrogen-bond acceptors (Lipinski definition) is 5. The topological polar surface area (TPSA) is 85.0 Å². The minimum absolute atomic E-state index is 0.0311. The van der Waals surface area contributed by atoms with Gasteiger partial charge in [-0.25, -0.2) is 4.98 Å². The normalized spacial score (nSPS) is 16.7. The van der Waals surface area contributed by atoms with Crippen molar-refractivity contribution < 1.29 is 4.79 Å². The Kier molecular flexibility index (Phi) is 4.98. The molecule has 0 radical (unpaired) electrons. The van der Waals surface area contributed by atoms with Crippen molar-refractivity contribution in [3.63, 3.8) is 0 Å². The van der Waals surface area contributed by atoms with Gasteiger partial charge in [-0.3, -0.25) is 14.3 Å². The molecule has 1 aliphatic rings. The van der Waals surface area contributed by atoms with Gasteiger partial charge in [-0.1, -0.05) is 6.07 Å². The van der Waals surface area contributed by atoms with Gasteiger partial charge in [0.25, 0.3) is 11.5 Å². The Morgan fingerprint density at radius 1 is 1.40 bits per heavy atom. The Morgan fingerprint density at radius 2 is 2.20 bits per heavy atom. The first-order valence-electron chi connectivity index (χ1n) is 8.47. The van der Waals surface area contributed by atoms with E-state index in [0.717, 1.165) is 37.1 Å². The van der Waals surface area contributed by atoms with E-state index in [2.05, 4.69) is 20.3 Å². The first-order valence-corrected chi connectivity index (χ1v) is 8.47. The van der Waals surface area contributed by atoms with E-state index in [0.29, 0.717) is 6.54 Å². The fourth-order valence-corrected chi connectivity index (χ4v) is 3.19. The lowest BCUT2D eigenvalue weighted by Gasteiger charge is -2.27. The number of aryl methyl sites for hydroxylation is 1. The molecule has 0 aromatic carbocycles. The minimum Gasteiger partial charge on any atom is -0.346 e. The summed E-state index contributed by atoms with van der Waals surface area (Å²) in [4.78, 5) is 30.5. The molecular weight excluding hydrogens is 320 g/mol. The molecule has 2 aromatic heterocycles. The third kappa shape index (κ3) is 3.96. The summed E-state index contributed by atoms with van der Waals surface area (Å²) in [7, 11) is 5.73. The third-order valence-electron chi connectivity index (χ3n) is 4.49. The van der Waals surface area contributed by atoms with Gasteiger partial charge in [0, 0.05) is 37.9 Å². The number of likely N-dealkylation sites (N-methyl/N-ethyl adjacent to an activating group) is 1. The molecule has 0 saturated carbocycles. The van der Waals surface area contributed by atoms with Crippen LogP contribution in [0.25, 0.3) is 0 Å². The molecule has 1 N–H and O–H groups in total. The molecule has 0 bridgehead atoms. The number of carbonyl (C=O) groups is 1. The lowest BCUT2D eigenvalue weighted by molar-refractivity contribution is 0.0922. The highest BCUT2D eigenvalue weighted by Gasteiger charge is 2.24. The quantitative estimate of drug-likeness (QED) is 0.814. The summed E-state index contributed by atoms with van der Waals surface area (Å²) in [5.74, 6) is -0.0702. The maximum Gasteiger partial charge on any atom is 0.291 e. The second kappa shape index (κ2) is 7.18. The number of aromatic nitrogens is 4. The molecule has 1 amide bonds. The predicted octanol–water partition coefficient (Wildman–Crippen LogP) is -0.174. The Hall–Kier alpha value is -2.48. The van der Waals surface area contributed by atoms with Crippen LogP contribution in [0.15, 0.2) is 23.3 Å². The van der Waals surface area contributed by atoms with Crippen LogP contribution in [0.5, 0.6) is 0 Å². The molecule has 2 aromatic rings. The summed E-state index contributed by atoms with van der Waals surface area (Å²) < 4.78 is 3.38. The minimum atomic E-state index is -0.255. The fraction of sp³-hybridized carbons (Fsp3) is 0.529. The Morgan fingerprint density at radius 3 is 2.88 bits per heavy atom. The number of pyridine rings is 1. The lowest BCUT2D eigenvalue weighted by Crippen LogP contribution is -2.41. The summed E-state index contributed by atoms with van der Waals surface area (Å²) in [5, 5.41) is 7.03. The molecule has 0 spiro atoms. The van der Waals surface area contributed by atoms with Gasteiger partial charge in [-0.05, 0) is 38.9 Å². The molecule has 134 valence electrons. The van der Waals surface area contributed by atoms with Crippen molar-refractivity contribution in [1.82, 2.24) is 29.5 Å². The summed E-state index contributed by atoms with van der Waals surface area (Å²) in [6.07, 6.45) is 3.81. The van der Waals surface area contributed by atoms with E-state index >= 15 is 0 Å². The standard InChI is InChI=1S/C17H24N6O2/c1-21(2)8-9-23-14-6-5-13(10-12(14)4-7-15(23)24)19-17(25)16-18-11-22(3)20-16/h4,7,11,13H,5-6,8-10H2,1-3H3,(H,19,25). The monoisotopic (exact) mass is 344 g/mol. The summed E-state index contributed by atoms with van der Waals surface area (Å²) in [5.41, 5.74) is 2.26. The summed E-state index contributed by atoms with van der Waals surface area (Å²) >= 11 is 0. The van der Waals surface area contributed by atoms with Gasteiger partial charge in [-0.2, -0.15) is 0 Å². The van der Waals surface area contributed by atoms with Gasteiger partial charge in [0.1, 0.15) is 6.33 Å². The molecule has 1 aliphatic carbocycles. The van der Waals surface area contributed by atoms with Crippen LogP contribution in [0.3, 0.4) is 0 Å². The number of fused-ring (bicyclic) bond motifs is 1. The van der Waals surface area contributed by atoms with Crippen molar-refractivity contribution in [2.75, 3.05) is 20.6 Å². The SMILES string of the molecule is CN(C)CCn1c2c(ccc1=O)CC(NC(=O)c1ncn(C)n1)CC2. The van der Waals surface area contributed by atoms with Gasteiger partial charge >= 0.3 is 0 Å². The second-order valence-corrected chi connectivity index (χ2v) is 6.75. The number of hydrogen-bond donors (Lipinski definition) is 1. The van der Waals surface area contributed by atoms with E-state index in [-0.39, 0.29) is 23.3 Å². The van der Waals surface area contributed by atoms with Crippen LogP contribution in [-0.4, -0.2) is 56.8 Å². The van der Waals surface area contributed by atoms with Crippen molar-refractivity contribution in [2.24, 2.45) is 7.05 Å². The third-order valence-corrected chi connectivity index (χ3v) is 4.49. The Bertz CT molecular complexity index is 823. The average Bonchev–Trinajstić information content (AvgIpc) is 3.00. The highest BCUT2D eigenvalue weighted by molar-refractivity contribution is 5.90. The molecule has 0 aliphatic heterocycles. The first kappa shape index (κ1) is 17.3. The van der Waals surface area contributed by atoms with Crippen molar-refractivity contribution in [1.29, 1.82) is 0 Å². The smallest absolute Gasteiger partial charge is 0.291 e. The number of carbonyl (C=O) groups excluding carboxylic acids is 1. The highest BCUT2D eigenvalue weighted by atomic mass is 16.2. The van der Waals surface area contributed by atoms with Crippen LogP contribution in [0.2, 0.25) is 0 Å². The van der Waals surface area contributed by atoms with Crippen molar-refractivity contribution in [3.05, 3.63) is 45.9 Å². The van der Waals surface area contributed by atoms with Crippen molar-refractivity contribution in [2.45, 2.75) is 31.8 Å². The molecule has 1 unspecified atom stereocenters. The zero-order chi connectivity index (χ0) is 18.0.